The summed E-state index contributed by atoms with van der Waals surface area (Å²) in [6.45, 7) is 8.21. The molecule has 0 aliphatic carbocycles. The number of hydrogen-bond donors (Lipinski definition) is 0. The first-order valence-electron chi connectivity index (χ1n) is 8.95. The molecule has 1 heterocycles. The largest absolute Gasteiger partial charge is 0.467 e. The molecule has 0 saturated heterocycles. The highest BCUT2D eigenvalue weighted by atomic mass is 16.7. The van der Waals surface area contributed by atoms with E-state index in [2.05, 4.69) is 45.1 Å². The smallest absolute Gasteiger partial charge is 0.338 e. The Morgan fingerprint density at radius 1 is 1.16 bits per heavy atom. The highest BCUT2D eigenvalue weighted by Gasteiger charge is 2.32. The molecule has 4 heteroatoms. The second-order valence-corrected chi connectivity index (χ2v) is 6.42. The summed E-state index contributed by atoms with van der Waals surface area (Å²) < 4.78 is 15.8. The summed E-state index contributed by atoms with van der Waals surface area (Å²) in [5.41, 5.74) is 3.27. The van der Waals surface area contributed by atoms with Crippen LogP contribution >= 0.6 is 0 Å². The van der Waals surface area contributed by atoms with Crippen molar-refractivity contribution >= 4 is 5.97 Å². The van der Waals surface area contributed by atoms with Crippen LogP contribution in [0.4, 0.5) is 0 Å². The molecule has 140 valence electrons. The lowest BCUT2D eigenvalue weighted by Gasteiger charge is -2.13. The Hall–Kier alpha value is -1.81. The van der Waals surface area contributed by atoms with Gasteiger partial charge in [-0.1, -0.05) is 35.5 Å². The van der Waals surface area contributed by atoms with Gasteiger partial charge in [0.15, 0.2) is 18.7 Å². The normalized spacial score (nSPS) is 19.1. The molecule has 0 amide bonds. The van der Waals surface area contributed by atoms with Crippen molar-refractivity contribution in [2.24, 2.45) is 0 Å². The van der Waals surface area contributed by atoms with Gasteiger partial charge in [-0.05, 0) is 53.4 Å². The molecule has 0 fully saturated rings. The number of carbonyl (C=O) groups is 1. The predicted molar refractivity (Wildman–Crippen MR) is 101 cm³/mol. The van der Waals surface area contributed by atoms with Crippen molar-refractivity contribution in [2.45, 2.75) is 65.9 Å². The van der Waals surface area contributed by atoms with Gasteiger partial charge in [0.1, 0.15) is 0 Å². The van der Waals surface area contributed by atoms with E-state index in [1.807, 2.05) is 0 Å². The van der Waals surface area contributed by atoms with E-state index in [-0.39, 0.29) is 18.9 Å². The van der Waals surface area contributed by atoms with E-state index in [9.17, 15) is 4.79 Å². The summed E-state index contributed by atoms with van der Waals surface area (Å²) >= 11 is 0. The minimum absolute atomic E-state index is 0.125. The van der Waals surface area contributed by atoms with Crippen molar-refractivity contribution in [3.63, 3.8) is 0 Å². The first-order valence-corrected chi connectivity index (χ1v) is 8.95. The minimum atomic E-state index is -0.337. The third-order valence-corrected chi connectivity index (χ3v) is 4.20. The SMILES string of the molecule is C/C=C\CC/C(C)=C/CC/C(C)=C/CC1OC(=O)C(C)=C1OCOC. The zero-order valence-corrected chi connectivity index (χ0v) is 16.3. The Balaban J connectivity index is 2.46. The highest BCUT2D eigenvalue weighted by molar-refractivity contribution is 5.91. The van der Waals surface area contributed by atoms with Gasteiger partial charge in [0.25, 0.3) is 0 Å². The standard InChI is InChI=1S/C21H32O4/c1-6-7-8-10-16(2)11-9-12-17(3)13-14-19-20(24-15-23-5)18(4)21(22)25-19/h6-7,11,13,19H,8-10,12,14-15H2,1-5H3/b7-6-,16-11+,17-13+. The molecular weight excluding hydrogens is 316 g/mol. The van der Waals surface area contributed by atoms with Crippen LogP contribution in [0.25, 0.3) is 0 Å². The maximum absolute atomic E-state index is 11.7. The summed E-state index contributed by atoms with van der Waals surface area (Å²) in [6.07, 6.45) is 13.3. The zero-order chi connectivity index (χ0) is 18.7. The Morgan fingerprint density at radius 3 is 2.52 bits per heavy atom. The molecule has 0 bridgehead atoms. The van der Waals surface area contributed by atoms with Crippen molar-refractivity contribution in [1.29, 1.82) is 0 Å². The maximum Gasteiger partial charge on any atom is 0.338 e. The quantitative estimate of drug-likeness (QED) is 0.291. The summed E-state index contributed by atoms with van der Waals surface area (Å²) in [4.78, 5) is 11.7. The molecule has 1 aliphatic rings. The molecule has 0 aromatic heterocycles. The van der Waals surface area contributed by atoms with Crippen molar-refractivity contribution in [1.82, 2.24) is 0 Å². The average molecular weight is 348 g/mol. The van der Waals surface area contributed by atoms with Crippen LogP contribution in [0.2, 0.25) is 0 Å². The lowest BCUT2D eigenvalue weighted by atomic mass is 10.0. The number of allylic oxidation sites excluding steroid dienone is 5. The molecule has 0 saturated carbocycles. The molecular formula is C21H32O4. The number of methoxy groups -OCH3 is 1. The number of rotatable bonds is 11. The van der Waals surface area contributed by atoms with Gasteiger partial charge in [0.05, 0.1) is 5.57 Å². The summed E-state index contributed by atoms with van der Waals surface area (Å²) in [5.74, 6) is 0.289. The van der Waals surface area contributed by atoms with Crippen LogP contribution < -0.4 is 0 Å². The summed E-state index contributed by atoms with van der Waals surface area (Å²) in [6, 6.07) is 0. The van der Waals surface area contributed by atoms with Crippen LogP contribution in [0.1, 0.15) is 59.8 Å². The third-order valence-electron chi connectivity index (χ3n) is 4.20. The van der Waals surface area contributed by atoms with Crippen molar-refractivity contribution in [2.75, 3.05) is 13.9 Å². The lowest BCUT2D eigenvalue weighted by molar-refractivity contribution is -0.140. The number of hydrogen-bond acceptors (Lipinski definition) is 4. The van der Waals surface area contributed by atoms with Crippen LogP contribution in [0.3, 0.4) is 0 Å². The van der Waals surface area contributed by atoms with Crippen molar-refractivity contribution in [3.8, 4) is 0 Å². The van der Waals surface area contributed by atoms with E-state index in [0.717, 1.165) is 25.7 Å². The third kappa shape index (κ3) is 7.74. The average Bonchev–Trinajstić information content (AvgIpc) is 2.85. The van der Waals surface area contributed by atoms with Crippen LogP contribution in [0.15, 0.2) is 46.8 Å². The molecule has 1 unspecified atom stereocenters. The minimum Gasteiger partial charge on any atom is -0.467 e. The number of cyclic esters (lactones) is 1. The van der Waals surface area contributed by atoms with Gasteiger partial charge in [0.2, 0.25) is 0 Å². The molecule has 0 N–H and O–H groups in total. The molecule has 1 atom stereocenters. The molecule has 0 aromatic rings. The molecule has 0 radical (unpaired) electrons. The Morgan fingerprint density at radius 2 is 1.84 bits per heavy atom. The van der Waals surface area contributed by atoms with E-state index in [4.69, 9.17) is 14.2 Å². The number of esters is 1. The van der Waals surface area contributed by atoms with Gasteiger partial charge in [-0.3, -0.25) is 0 Å². The van der Waals surface area contributed by atoms with Crippen LogP contribution in [0, 0.1) is 0 Å². The summed E-state index contributed by atoms with van der Waals surface area (Å²) in [5, 5.41) is 0. The van der Waals surface area contributed by atoms with Gasteiger partial charge >= 0.3 is 5.97 Å². The Bertz CT molecular complexity index is 552. The van der Waals surface area contributed by atoms with Crippen molar-refractivity contribution in [3.05, 3.63) is 46.8 Å². The topological polar surface area (TPSA) is 44.8 Å². The predicted octanol–water partition coefficient (Wildman–Crippen LogP) is 5.23. The van der Waals surface area contributed by atoms with Gasteiger partial charge < -0.3 is 14.2 Å². The van der Waals surface area contributed by atoms with Crippen LogP contribution in [-0.2, 0) is 19.0 Å². The second-order valence-electron chi connectivity index (χ2n) is 6.42. The lowest BCUT2D eigenvalue weighted by Crippen LogP contribution is -2.13. The summed E-state index contributed by atoms with van der Waals surface area (Å²) in [7, 11) is 1.56. The molecule has 1 aliphatic heterocycles. The zero-order valence-electron chi connectivity index (χ0n) is 16.3. The van der Waals surface area contributed by atoms with Gasteiger partial charge in [-0.2, -0.15) is 0 Å². The molecule has 25 heavy (non-hydrogen) atoms. The van der Waals surface area contributed by atoms with E-state index in [1.54, 1.807) is 14.0 Å². The number of ether oxygens (including phenoxy) is 3. The fourth-order valence-electron chi connectivity index (χ4n) is 2.63. The Kier molecular flexibility index (Phi) is 9.93. The van der Waals surface area contributed by atoms with Crippen molar-refractivity contribution < 1.29 is 19.0 Å². The highest BCUT2D eigenvalue weighted by Crippen LogP contribution is 2.26. The first kappa shape index (κ1) is 21.2. The van der Waals surface area contributed by atoms with E-state index in [0.29, 0.717) is 17.8 Å². The monoisotopic (exact) mass is 348 g/mol. The van der Waals surface area contributed by atoms with Gasteiger partial charge in [-0.15, -0.1) is 0 Å². The molecule has 0 spiro atoms. The van der Waals surface area contributed by atoms with Gasteiger partial charge in [-0.25, -0.2) is 4.79 Å². The van der Waals surface area contributed by atoms with Crippen LogP contribution in [0.5, 0.6) is 0 Å². The van der Waals surface area contributed by atoms with E-state index < -0.39 is 0 Å². The fourth-order valence-corrected chi connectivity index (χ4v) is 2.63. The molecule has 4 nitrogen and oxygen atoms in total. The van der Waals surface area contributed by atoms with E-state index in [1.165, 1.54) is 11.1 Å². The van der Waals surface area contributed by atoms with Crippen LogP contribution in [-0.4, -0.2) is 26.0 Å². The maximum atomic E-state index is 11.7. The molecule has 1 rings (SSSR count). The Labute approximate surface area is 152 Å². The first-order chi connectivity index (χ1) is 12.0. The second kappa shape index (κ2) is 11.7. The molecule has 0 aromatic carbocycles. The van der Waals surface area contributed by atoms with Gasteiger partial charge in [0, 0.05) is 13.5 Å². The van der Waals surface area contributed by atoms with E-state index >= 15 is 0 Å². The number of carbonyl (C=O) groups excluding carboxylic acids is 1. The fraction of sp³-hybridized carbons (Fsp3) is 0.571.